The molecule has 0 aromatic carbocycles. The quantitative estimate of drug-likeness (QED) is 0.843. The van der Waals surface area contributed by atoms with E-state index in [-0.39, 0.29) is 6.10 Å². The summed E-state index contributed by atoms with van der Waals surface area (Å²) in [6.07, 6.45) is 7.13. The summed E-state index contributed by atoms with van der Waals surface area (Å²) in [5, 5.41) is 10.5. The molecule has 0 bridgehead atoms. The molecule has 0 aromatic heterocycles. The van der Waals surface area contributed by atoms with Crippen molar-refractivity contribution in [3.63, 3.8) is 0 Å². The van der Waals surface area contributed by atoms with E-state index < -0.39 is 0 Å². The molecule has 2 fully saturated rings. The second kappa shape index (κ2) is 7.43. The van der Waals surface area contributed by atoms with E-state index in [2.05, 4.69) is 32.6 Å². The van der Waals surface area contributed by atoms with Gasteiger partial charge in [-0.3, -0.25) is 4.90 Å². The molecular formula is C18H35NO2. The topological polar surface area (TPSA) is 32.7 Å². The van der Waals surface area contributed by atoms with E-state index in [0.29, 0.717) is 17.6 Å². The summed E-state index contributed by atoms with van der Waals surface area (Å²) in [7, 11) is 0. The fourth-order valence-corrected chi connectivity index (χ4v) is 4.16. The third kappa shape index (κ3) is 4.20. The van der Waals surface area contributed by atoms with Crippen LogP contribution in [-0.4, -0.2) is 48.0 Å². The van der Waals surface area contributed by atoms with E-state index in [4.69, 9.17) is 4.74 Å². The van der Waals surface area contributed by atoms with Crippen LogP contribution in [0, 0.1) is 11.3 Å². The molecule has 0 aromatic rings. The van der Waals surface area contributed by atoms with Gasteiger partial charge in [0.1, 0.15) is 0 Å². The molecule has 4 atom stereocenters. The molecule has 1 heterocycles. The molecule has 0 radical (unpaired) electrons. The summed E-state index contributed by atoms with van der Waals surface area (Å²) in [5.74, 6) is 0.739. The van der Waals surface area contributed by atoms with E-state index in [9.17, 15) is 5.11 Å². The van der Waals surface area contributed by atoms with Gasteiger partial charge in [-0.15, -0.1) is 0 Å². The summed E-state index contributed by atoms with van der Waals surface area (Å²) >= 11 is 0. The first-order valence-corrected chi connectivity index (χ1v) is 9.01. The van der Waals surface area contributed by atoms with Crippen molar-refractivity contribution < 1.29 is 9.84 Å². The predicted molar refractivity (Wildman–Crippen MR) is 87.4 cm³/mol. The Balaban J connectivity index is 1.99. The molecule has 2 rings (SSSR count). The molecule has 1 saturated carbocycles. The zero-order valence-corrected chi connectivity index (χ0v) is 14.5. The lowest BCUT2D eigenvalue weighted by atomic mass is 9.67. The van der Waals surface area contributed by atoms with Crippen LogP contribution in [0.15, 0.2) is 0 Å². The summed E-state index contributed by atoms with van der Waals surface area (Å²) in [5.41, 5.74) is 0.396. The lowest BCUT2D eigenvalue weighted by Gasteiger charge is -2.47. The second-order valence-corrected chi connectivity index (χ2v) is 7.70. The van der Waals surface area contributed by atoms with Gasteiger partial charge < -0.3 is 9.84 Å². The minimum absolute atomic E-state index is 0.144. The first-order chi connectivity index (χ1) is 9.97. The summed E-state index contributed by atoms with van der Waals surface area (Å²) in [4.78, 5) is 2.52. The molecule has 4 unspecified atom stereocenters. The van der Waals surface area contributed by atoms with Crippen molar-refractivity contribution in [2.24, 2.45) is 11.3 Å². The van der Waals surface area contributed by atoms with E-state index in [1.165, 1.54) is 25.7 Å². The number of piperidine rings is 1. The molecular weight excluding hydrogens is 262 g/mol. The van der Waals surface area contributed by atoms with Crippen LogP contribution in [0.1, 0.15) is 66.2 Å². The number of aliphatic hydroxyl groups excluding tert-OH is 1. The Bertz CT molecular complexity index is 316. The van der Waals surface area contributed by atoms with Crippen molar-refractivity contribution in [2.45, 2.75) is 84.5 Å². The fraction of sp³-hybridized carbons (Fsp3) is 1.00. The number of hydrogen-bond acceptors (Lipinski definition) is 3. The molecule has 3 nitrogen and oxygen atoms in total. The maximum atomic E-state index is 10.5. The molecule has 0 spiro atoms. The number of likely N-dealkylation sites (tertiary alicyclic amines) is 1. The van der Waals surface area contributed by atoms with E-state index >= 15 is 0 Å². The summed E-state index contributed by atoms with van der Waals surface area (Å²) in [6, 6.07) is 0.345. The highest BCUT2D eigenvalue weighted by Gasteiger charge is 2.40. The minimum atomic E-state index is -0.144. The van der Waals surface area contributed by atoms with Crippen LogP contribution in [0.5, 0.6) is 0 Å². The number of aliphatic hydroxyl groups is 1. The first-order valence-electron chi connectivity index (χ1n) is 9.01. The van der Waals surface area contributed by atoms with Crippen molar-refractivity contribution in [2.75, 3.05) is 19.7 Å². The third-order valence-corrected chi connectivity index (χ3v) is 6.08. The highest BCUT2D eigenvalue weighted by Crippen LogP contribution is 2.42. The molecule has 1 aliphatic heterocycles. The van der Waals surface area contributed by atoms with E-state index in [1.54, 1.807) is 0 Å². The summed E-state index contributed by atoms with van der Waals surface area (Å²) in [6.45, 7) is 12.1. The van der Waals surface area contributed by atoms with Crippen LogP contribution in [0.3, 0.4) is 0 Å². The second-order valence-electron chi connectivity index (χ2n) is 7.70. The summed E-state index contributed by atoms with van der Waals surface area (Å²) < 4.78 is 5.83. The highest BCUT2D eigenvalue weighted by atomic mass is 16.5. The van der Waals surface area contributed by atoms with Crippen LogP contribution in [-0.2, 0) is 4.74 Å². The molecule has 3 heteroatoms. The Morgan fingerprint density at radius 1 is 1.19 bits per heavy atom. The van der Waals surface area contributed by atoms with Crippen molar-refractivity contribution in [3.8, 4) is 0 Å². The van der Waals surface area contributed by atoms with E-state index in [1.807, 2.05) is 0 Å². The van der Waals surface area contributed by atoms with Gasteiger partial charge in [0.15, 0.2) is 0 Å². The Morgan fingerprint density at radius 3 is 2.62 bits per heavy atom. The average molecular weight is 297 g/mol. The molecule has 1 N–H and O–H groups in total. The molecule has 2 aliphatic rings. The highest BCUT2D eigenvalue weighted by molar-refractivity contribution is 4.93. The number of rotatable bonds is 5. The monoisotopic (exact) mass is 297 g/mol. The Morgan fingerprint density at radius 2 is 1.95 bits per heavy atom. The molecule has 1 aliphatic carbocycles. The standard InChI is InChI=1S/C18H35NO2/c1-5-18(3,4)14-9-10-17(20)16(12-14)19-11-7-8-15(13-19)21-6-2/h14-17,20H,5-13H2,1-4H3. The van der Waals surface area contributed by atoms with Gasteiger partial charge in [-0.2, -0.15) is 0 Å². The Kier molecular flexibility index (Phi) is 6.10. The Labute approximate surface area is 131 Å². The fourth-order valence-electron chi connectivity index (χ4n) is 4.16. The van der Waals surface area contributed by atoms with Crippen molar-refractivity contribution in [3.05, 3.63) is 0 Å². The van der Waals surface area contributed by atoms with Gasteiger partial charge >= 0.3 is 0 Å². The van der Waals surface area contributed by atoms with Gasteiger partial charge in [0.05, 0.1) is 12.2 Å². The lowest BCUT2D eigenvalue weighted by molar-refractivity contribution is -0.0617. The van der Waals surface area contributed by atoms with Gasteiger partial charge in [0.2, 0.25) is 0 Å². The van der Waals surface area contributed by atoms with E-state index in [0.717, 1.165) is 38.5 Å². The lowest BCUT2D eigenvalue weighted by Crippen LogP contribution is -2.53. The van der Waals surface area contributed by atoms with Gasteiger partial charge in [-0.05, 0) is 56.9 Å². The number of ether oxygens (including phenoxy) is 1. The largest absolute Gasteiger partial charge is 0.391 e. The molecule has 0 amide bonds. The average Bonchev–Trinajstić information content (AvgIpc) is 2.48. The number of hydrogen-bond donors (Lipinski definition) is 1. The van der Waals surface area contributed by atoms with Gasteiger partial charge in [-0.1, -0.05) is 27.2 Å². The van der Waals surface area contributed by atoms with Crippen LogP contribution in [0.4, 0.5) is 0 Å². The van der Waals surface area contributed by atoms with Crippen molar-refractivity contribution in [1.29, 1.82) is 0 Å². The van der Waals surface area contributed by atoms with Crippen LogP contribution < -0.4 is 0 Å². The van der Waals surface area contributed by atoms with Crippen molar-refractivity contribution >= 4 is 0 Å². The minimum Gasteiger partial charge on any atom is -0.391 e. The van der Waals surface area contributed by atoms with Gasteiger partial charge in [0, 0.05) is 19.2 Å². The SMILES string of the molecule is CCOC1CCCN(C2CC(C(C)(C)CC)CCC2O)C1. The maximum absolute atomic E-state index is 10.5. The van der Waals surface area contributed by atoms with Crippen LogP contribution >= 0.6 is 0 Å². The van der Waals surface area contributed by atoms with Gasteiger partial charge in [-0.25, -0.2) is 0 Å². The Hall–Kier alpha value is -0.120. The molecule has 21 heavy (non-hydrogen) atoms. The zero-order valence-electron chi connectivity index (χ0n) is 14.5. The number of nitrogens with zero attached hydrogens (tertiary/aromatic N) is 1. The zero-order chi connectivity index (χ0) is 15.5. The third-order valence-electron chi connectivity index (χ3n) is 6.08. The van der Waals surface area contributed by atoms with Crippen LogP contribution in [0.25, 0.3) is 0 Å². The van der Waals surface area contributed by atoms with Gasteiger partial charge in [0.25, 0.3) is 0 Å². The molecule has 1 saturated heterocycles. The van der Waals surface area contributed by atoms with Crippen LogP contribution in [0.2, 0.25) is 0 Å². The van der Waals surface area contributed by atoms with Crippen molar-refractivity contribution in [1.82, 2.24) is 4.90 Å². The first kappa shape index (κ1) is 17.2. The maximum Gasteiger partial charge on any atom is 0.0702 e. The molecule has 124 valence electrons. The predicted octanol–water partition coefficient (Wildman–Crippen LogP) is 3.45. The normalized spacial score (nSPS) is 35.9. The smallest absolute Gasteiger partial charge is 0.0702 e.